The van der Waals surface area contributed by atoms with Crippen molar-refractivity contribution in [1.29, 1.82) is 0 Å². The van der Waals surface area contributed by atoms with E-state index in [9.17, 15) is 13.2 Å². The normalized spacial score (nSPS) is 19.9. The summed E-state index contributed by atoms with van der Waals surface area (Å²) in [7, 11) is -2.52. The average molecular weight is 347 g/mol. The van der Waals surface area contributed by atoms with Gasteiger partial charge in [-0.3, -0.25) is 0 Å². The number of benzene rings is 1. The average Bonchev–Trinajstić information content (AvgIpc) is 2.53. The zero-order chi connectivity index (χ0) is 16.3. The van der Waals surface area contributed by atoms with Crippen LogP contribution in [0.25, 0.3) is 0 Å². The topological polar surface area (TPSA) is 89.7 Å². The Morgan fingerprint density at radius 2 is 2.14 bits per heavy atom. The molecule has 1 aromatic carbocycles. The van der Waals surface area contributed by atoms with Gasteiger partial charge in [0.05, 0.1) is 17.6 Å². The molecule has 0 bridgehead atoms. The summed E-state index contributed by atoms with van der Waals surface area (Å²) in [6.07, 6.45) is 2.48. The maximum Gasteiger partial charge on any atom is 0.337 e. The van der Waals surface area contributed by atoms with Crippen molar-refractivity contribution in [3.05, 3.63) is 28.8 Å². The van der Waals surface area contributed by atoms with Gasteiger partial charge in [0.1, 0.15) is 0 Å². The summed E-state index contributed by atoms with van der Waals surface area (Å²) in [5, 5.41) is 0.169. The Morgan fingerprint density at radius 3 is 2.77 bits per heavy atom. The number of nitrogens with two attached hydrogens (primary N) is 1. The number of esters is 1. The number of hydrogen-bond acceptors (Lipinski definition) is 5. The van der Waals surface area contributed by atoms with Crippen molar-refractivity contribution in [3.8, 4) is 0 Å². The van der Waals surface area contributed by atoms with Crippen LogP contribution in [0.4, 0.5) is 0 Å². The Labute approximate surface area is 135 Å². The van der Waals surface area contributed by atoms with E-state index >= 15 is 0 Å². The van der Waals surface area contributed by atoms with E-state index in [2.05, 4.69) is 4.74 Å². The fraction of sp³-hybridized carbons (Fsp3) is 0.500. The van der Waals surface area contributed by atoms with Crippen LogP contribution in [0.2, 0.25) is 5.02 Å². The summed E-state index contributed by atoms with van der Waals surface area (Å²) >= 11 is 5.95. The van der Waals surface area contributed by atoms with Crippen molar-refractivity contribution in [2.75, 3.05) is 20.2 Å². The molecule has 0 spiro atoms. The number of methoxy groups -OCH3 is 1. The molecular weight excluding hydrogens is 328 g/mol. The molecule has 1 atom stereocenters. The van der Waals surface area contributed by atoms with Crippen LogP contribution < -0.4 is 5.73 Å². The first-order valence-corrected chi connectivity index (χ1v) is 8.82. The van der Waals surface area contributed by atoms with Crippen LogP contribution in [-0.2, 0) is 14.8 Å². The molecule has 1 fully saturated rings. The third-order valence-corrected chi connectivity index (χ3v) is 5.89. The Morgan fingerprint density at radius 1 is 1.41 bits per heavy atom. The van der Waals surface area contributed by atoms with Crippen LogP contribution in [0.3, 0.4) is 0 Å². The molecule has 2 N–H and O–H groups in total. The molecule has 1 heterocycles. The van der Waals surface area contributed by atoms with Gasteiger partial charge in [-0.05, 0) is 31.0 Å². The highest BCUT2D eigenvalue weighted by atomic mass is 35.5. The third kappa shape index (κ3) is 3.43. The molecule has 1 unspecified atom stereocenters. The fourth-order valence-electron chi connectivity index (χ4n) is 2.61. The number of hydrogen-bond donors (Lipinski definition) is 1. The van der Waals surface area contributed by atoms with Crippen molar-refractivity contribution in [3.63, 3.8) is 0 Å². The highest BCUT2D eigenvalue weighted by molar-refractivity contribution is 7.89. The minimum Gasteiger partial charge on any atom is -0.465 e. The summed E-state index contributed by atoms with van der Waals surface area (Å²) in [5.41, 5.74) is 5.80. The maximum atomic E-state index is 12.8. The van der Waals surface area contributed by atoms with Crippen LogP contribution in [0.5, 0.6) is 0 Å². The lowest BCUT2D eigenvalue weighted by Gasteiger charge is -2.34. The molecule has 1 saturated heterocycles. The molecule has 0 aromatic heterocycles. The van der Waals surface area contributed by atoms with Crippen molar-refractivity contribution in [2.24, 2.45) is 5.73 Å². The summed E-state index contributed by atoms with van der Waals surface area (Å²) in [4.78, 5) is 11.6. The van der Waals surface area contributed by atoms with Gasteiger partial charge in [-0.25, -0.2) is 13.2 Å². The first kappa shape index (κ1) is 17.2. The van der Waals surface area contributed by atoms with E-state index < -0.39 is 16.0 Å². The highest BCUT2D eigenvalue weighted by Crippen LogP contribution is 2.27. The van der Waals surface area contributed by atoms with Gasteiger partial charge in [-0.2, -0.15) is 4.31 Å². The van der Waals surface area contributed by atoms with Gasteiger partial charge in [0.15, 0.2) is 0 Å². The molecule has 122 valence electrons. The first-order valence-electron chi connectivity index (χ1n) is 7.01. The van der Waals surface area contributed by atoms with Gasteiger partial charge < -0.3 is 10.5 Å². The lowest BCUT2D eigenvalue weighted by molar-refractivity contribution is 0.0600. The van der Waals surface area contributed by atoms with E-state index in [0.717, 1.165) is 19.3 Å². The van der Waals surface area contributed by atoms with Crippen molar-refractivity contribution in [1.82, 2.24) is 4.31 Å². The Balaban J connectivity index is 2.44. The Bertz CT molecular complexity index is 663. The number of sulfonamides is 1. The third-order valence-electron chi connectivity index (χ3n) is 3.74. The Hall–Kier alpha value is -1.15. The second kappa shape index (κ2) is 6.95. The van der Waals surface area contributed by atoms with Crippen molar-refractivity contribution >= 4 is 27.6 Å². The quantitative estimate of drug-likeness (QED) is 0.837. The molecule has 0 amide bonds. The maximum absolute atomic E-state index is 12.8. The van der Waals surface area contributed by atoms with Gasteiger partial charge in [-0.1, -0.05) is 18.0 Å². The highest BCUT2D eigenvalue weighted by Gasteiger charge is 2.33. The van der Waals surface area contributed by atoms with Gasteiger partial charge in [0.25, 0.3) is 0 Å². The van der Waals surface area contributed by atoms with Crippen LogP contribution in [0, 0.1) is 0 Å². The molecule has 0 radical (unpaired) electrons. The number of halogens is 1. The number of piperidine rings is 1. The molecular formula is C14H19ClN2O4S. The number of nitrogens with zero attached hydrogens (tertiary/aromatic N) is 1. The van der Waals surface area contributed by atoms with E-state index in [1.807, 2.05) is 0 Å². The Kier molecular flexibility index (Phi) is 5.44. The van der Waals surface area contributed by atoms with Gasteiger partial charge in [0.2, 0.25) is 10.0 Å². The monoisotopic (exact) mass is 346 g/mol. The molecule has 0 saturated carbocycles. The van der Waals surface area contributed by atoms with Gasteiger partial charge >= 0.3 is 5.97 Å². The molecule has 1 aliphatic rings. The molecule has 2 rings (SSSR count). The van der Waals surface area contributed by atoms with E-state index in [4.69, 9.17) is 17.3 Å². The molecule has 8 heteroatoms. The van der Waals surface area contributed by atoms with Gasteiger partial charge in [0, 0.05) is 24.2 Å². The zero-order valence-corrected chi connectivity index (χ0v) is 13.9. The second-order valence-electron chi connectivity index (χ2n) is 5.17. The van der Waals surface area contributed by atoms with Gasteiger partial charge in [-0.15, -0.1) is 0 Å². The molecule has 1 aromatic rings. The van der Waals surface area contributed by atoms with Crippen LogP contribution in [-0.4, -0.2) is 44.9 Å². The summed E-state index contributed by atoms with van der Waals surface area (Å²) in [6.45, 7) is 0.688. The van der Waals surface area contributed by atoms with Crippen LogP contribution in [0.1, 0.15) is 29.6 Å². The minimum atomic E-state index is -3.75. The molecule has 1 aliphatic heterocycles. The summed E-state index contributed by atoms with van der Waals surface area (Å²) in [6, 6.07) is 3.78. The molecule has 6 nitrogen and oxygen atoms in total. The first-order chi connectivity index (χ1) is 10.4. The molecule has 0 aliphatic carbocycles. The van der Waals surface area contributed by atoms with E-state index in [1.165, 1.54) is 29.6 Å². The number of ether oxygens (including phenoxy) is 1. The van der Waals surface area contributed by atoms with E-state index in [-0.39, 0.29) is 28.1 Å². The van der Waals surface area contributed by atoms with E-state index in [0.29, 0.717) is 6.54 Å². The summed E-state index contributed by atoms with van der Waals surface area (Å²) in [5.74, 6) is -0.632. The number of carbonyl (C=O) groups is 1. The van der Waals surface area contributed by atoms with E-state index in [1.54, 1.807) is 0 Å². The lowest BCUT2D eigenvalue weighted by atomic mass is 10.1. The predicted octanol–water partition coefficient (Wildman–Crippen LogP) is 1.63. The van der Waals surface area contributed by atoms with Crippen LogP contribution >= 0.6 is 11.6 Å². The fourth-order valence-corrected chi connectivity index (χ4v) is 4.68. The minimum absolute atomic E-state index is 0.0132. The zero-order valence-electron chi connectivity index (χ0n) is 12.3. The lowest BCUT2D eigenvalue weighted by Crippen LogP contribution is -2.47. The number of rotatable bonds is 4. The van der Waals surface area contributed by atoms with Crippen LogP contribution in [0.15, 0.2) is 23.1 Å². The smallest absolute Gasteiger partial charge is 0.337 e. The summed E-state index contributed by atoms with van der Waals surface area (Å²) < 4.78 is 31.7. The van der Waals surface area contributed by atoms with Crippen molar-refractivity contribution < 1.29 is 17.9 Å². The standard InChI is InChI=1S/C14H19ClN2O4S/c1-21-14(18)10-6-11(15)8-13(7-10)22(19,20)17-5-3-2-4-12(17)9-16/h6-8,12H,2-5,9,16H2,1H3. The molecule has 22 heavy (non-hydrogen) atoms. The van der Waals surface area contributed by atoms with Crippen molar-refractivity contribution in [2.45, 2.75) is 30.2 Å². The number of carbonyl (C=O) groups excluding carboxylic acids is 1. The predicted molar refractivity (Wildman–Crippen MR) is 83.4 cm³/mol. The second-order valence-corrected chi connectivity index (χ2v) is 7.50. The largest absolute Gasteiger partial charge is 0.465 e. The SMILES string of the molecule is COC(=O)c1cc(Cl)cc(S(=O)(=O)N2CCCCC2CN)c1.